The van der Waals surface area contributed by atoms with Crippen LogP contribution >= 0.6 is 0 Å². The molecule has 0 aromatic carbocycles. The van der Waals surface area contributed by atoms with Gasteiger partial charge in [-0.2, -0.15) is 5.10 Å². The molecule has 22 heavy (non-hydrogen) atoms. The lowest BCUT2D eigenvalue weighted by Gasteiger charge is -2.32. The number of amides is 1. The van der Waals surface area contributed by atoms with Gasteiger partial charge in [0.05, 0.1) is 12.1 Å². The normalized spacial score (nSPS) is 18.5. The minimum absolute atomic E-state index is 0.124. The number of likely N-dealkylation sites (tertiary alicyclic amines) is 1. The average molecular weight is 307 g/mol. The first-order valence-electron chi connectivity index (χ1n) is 7.87. The number of aryl methyl sites for hydroxylation is 2. The topological polar surface area (TPSA) is 75.4 Å². The van der Waals surface area contributed by atoms with Crippen molar-refractivity contribution in [3.8, 4) is 0 Å². The zero-order chi connectivity index (χ0) is 16.3. The summed E-state index contributed by atoms with van der Waals surface area (Å²) in [6, 6.07) is 0. The number of carbonyl (C=O) groups is 2. The zero-order valence-electron chi connectivity index (χ0n) is 13.6. The molecule has 2 heterocycles. The maximum absolute atomic E-state index is 12.5. The van der Waals surface area contributed by atoms with Crippen LogP contribution in [0.15, 0.2) is 0 Å². The second kappa shape index (κ2) is 6.94. The lowest BCUT2D eigenvalue weighted by atomic mass is 9.93. The van der Waals surface area contributed by atoms with Crippen molar-refractivity contribution < 1.29 is 14.7 Å². The summed E-state index contributed by atoms with van der Waals surface area (Å²) in [7, 11) is 1.89. The molecule has 6 heteroatoms. The second-order valence-corrected chi connectivity index (χ2v) is 6.23. The van der Waals surface area contributed by atoms with Crippen molar-refractivity contribution in [3.05, 3.63) is 17.0 Å². The third kappa shape index (κ3) is 3.87. The maximum Gasteiger partial charge on any atom is 0.303 e. The predicted molar refractivity (Wildman–Crippen MR) is 82.6 cm³/mol. The van der Waals surface area contributed by atoms with Gasteiger partial charge in [0.1, 0.15) is 0 Å². The third-order valence-corrected chi connectivity index (χ3v) is 4.63. The molecule has 0 aliphatic carbocycles. The van der Waals surface area contributed by atoms with Crippen molar-refractivity contribution in [1.29, 1.82) is 0 Å². The summed E-state index contributed by atoms with van der Waals surface area (Å²) in [4.78, 5) is 25.1. The summed E-state index contributed by atoms with van der Waals surface area (Å²) in [6.07, 6.45) is 3.21. The number of aromatic nitrogens is 2. The summed E-state index contributed by atoms with van der Waals surface area (Å²) < 4.78 is 1.81. The van der Waals surface area contributed by atoms with Crippen molar-refractivity contribution >= 4 is 11.9 Å². The fraction of sp³-hybridized carbons (Fsp3) is 0.688. The van der Waals surface area contributed by atoms with E-state index in [1.165, 1.54) is 0 Å². The summed E-state index contributed by atoms with van der Waals surface area (Å²) in [5.74, 6) is -0.325. The van der Waals surface area contributed by atoms with Crippen LogP contribution in [-0.2, 0) is 23.1 Å². The minimum atomic E-state index is -0.759. The van der Waals surface area contributed by atoms with Crippen molar-refractivity contribution in [3.63, 3.8) is 0 Å². The molecule has 6 nitrogen and oxygen atoms in total. The molecule has 1 N–H and O–H groups in total. The summed E-state index contributed by atoms with van der Waals surface area (Å²) in [5, 5.41) is 13.1. The van der Waals surface area contributed by atoms with Gasteiger partial charge in [-0.1, -0.05) is 0 Å². The summed E-state index contributed by atoms with van der Waals surface area (Å²) in [5.41, 5.74) is 2.96. The van der Waals surface area contributed by atoms with Crippen LogP contribution in [0, 0.1) is 19.8 Å². The van der Waals surface area contributed by atoms with E-state index in [2.05, 4.69) is 5.10 Å². The number of hydrogen-bond acceptors (Lipinski definition) is 3. The lowest BCUT2D eigenvalue weighted by Crippen LogP contribution is -2.41. The molecule has 0 radical (unpaired) electrons. The SMILES string of the molecule is Cc1nn(C)c(C)c1CC(=O)N1CCC[C@@H](CCC(=O)O)C1. The van der Waals surface area contributed by atoms with Gasteiger partial charge in [0.2, 0.25) is 5.91 Å². The van der Waals surface area contributed by atoms with E-state index in [1.54, 1.807) is 0 Å². The van der Waals surface area contributed by atoms with Crippen LogP contribution in [-0.4, -0.2) is 44.8 Å². The maximum atomic E-state index is 12.5. The van der Waals surface area contributed by atoms with Gasteiger partial charge >= 0.3 is 5.97 Å². The highest BCUT2D eigenvalue weighted by atomic mass is 16.4. The molecule has 1 fully saturated rings. The number of aliphatic carboxylic acids is 1. The fourth-order valence-electron chi connectivity index (χ4n) is 3.19. The molecule has 0 unspecified atom stereocenters. The summed E-state index contributed by atoms with van der Waals surface area (Å²) >= 11 is 0. The minimum Gasteiger partial charge on any atom is -0.481 e. The molecule has 1 atom stereocenters. The second-order valence-electron chi connectivity index (χ2n) is 6.23. The van der Waals surface area contributed by atoms with Crippen LogP contribution in [0.2, 0.25) is 0 Å². The average Bonchev–Trinajstić information content (AvgIpc) is 2.72. The molecule has 0 saturated carbocycles. The predicted octanol–water partition coefficient (Wildman–Crippen LogP) is 1.68. The standard InChI is InChI=1S/C16H25N3O3/c1-11-14(12(2)18(3)17-11)9-15(20)19-8-4-5-13(10-19)6-7-16(21)22/h13H,4-10H2,1-3H3,(H,21,22)/t13-/m0/s1. The van der Waals surface area contributed by atoms with E-state index in [4.69, 9.17) is 5.11 Å². The van der Waals surface area contributed by atoms with Crippen molar-refractivity contribution in [1.82, 2.24) is 14.7 Å². The Labute approximate surface area is 131 Å². The van der Waals surface area contributed by atoms with Crippen LogP contribution in [0.1, 0.15) is 42.6 Å². The van der Waals surface area contributed by atoms with Crippen LogP contribution in [0.4, 0.5) is 0 Å². The van der Waals surface area contributed by atoms with Gasteiger partial charge in [-0.15, -0.1) is 0 Å². The van der Waals surface area contributed by atoms with Gasteiger partial charge < -0.3 is 10.0 Å². The van der Waals surface area contributed by atoms with Gasteiger partial charge in [0.15, 0.2) is 0 Å². The van der Waals surface area contributed by atoms with Crippen molar-refractivity contribution in [2.45, 2.75) is 46.0 Å². The van der Waals surface area contributed by atoms with Gasteiger partial charge in [-0.25, -0.2) is 0 Å². The van der Waals surface area contributed by atoms with Crippen LogP contribution in [0.25, 0.3) is 0 Å². The van der Waals surface area contributed by atoms with E-state index in [9.17, 15) is 9.59 Å². The number of nitrogens with zero attached hydrogens (tertiary/aromatic N) is 3. The Bertz CT molecular complexity index is 565. The molecule has 122 valence electrons. The number of rotatable bonds is 5. The van der Waals surface area contributed by atoms with E-state index in [1.807, 2.05) is 30.5 Å². The van der Waals surface area contributed by atoms with Gasteiger partial charge in [0, 0.05) is 37.8 Å². The van der Waals surface area contributed by atoms with Gasteiger partial charge in [-0.3, -0.25) is 14.3 Å². The molecular formula is C16H25N3O3. The highest BCUT2D eigenvalue weighted by Crippen LogP contribution is 2.22. The quantitative estimate of drug-likeness (QED) is 0.898. The first-order valence-corrected chi connectivity index (χ1v) is 7.87. The highest BCUT2D eigenvalue weighted by Gasteiger charge is 2.25. The molecule has 1 saturated heterocycles. The molecular weight excluding hydrogens is 282 g/mol. The lowest BCUT2D eigenvalue weighted by molar-refractivity contribution is -0.137. The molecule has 1 aromatic heterocycles. The first kappa shape index (κ1) is 16.5. The van der Waals surface area contributed by atoms with E-state index >= 15 is 0 Å². The Morgan fingerprint density at radius 3 is 2.68 bits per heavy atom. The van der Waals surface area contributed by atoms with Crippen molar-refractivity contribution in [2.75, 3.05) is 13.1 Å². The van der Waals surface area contributed by atoms with Gasteiger partial charge in [0.25, 0.3) is 0 Å². The van der Waals surface area contributed by atoms with Crippen molar-refractivity contribution in [2.24, 2.45) is 13.0 Å². The zero-order valence-corrected chi connectivity index (χ0v) is 13.6. The smallest absolute Gasteiger partial charge is 0.303 e. The Kier molecular flexibility index (Phi) is 5.21. The molecule has 0 spiro atoms. The molecule has 1 aliphatic rings. The molecule has 1 amide bonds. The van der Waals surface area contributed by atoms with E-state index in [0.29, 0.717) is 25.3 Å². The largest absolute Gasteiger partial charge is 0.481 e. The number of carbonyl (C=O) groups excluding carboxylic acids is 1. The van der Waals surface area contributed by atoms with Gasteiger partial charge in [-0.05, 0) is 39.0 Å². The number of carboxylic acids is 1. The Morgan fingerprint density at radius 2 is 2.09 bits per heavy atom. The Hall–Kier alpha value is -1.85. The molecule has 1 aliphatic heterocycles. The van der Waals surface area contributed by atoms with E-state index in [-0.39, 0.29) is 12.3 Å². The number of hydrogen-bond donors (Lipinski definition) is 1. The van der Waals surface area contributed by atoms with Crippen LogP contribution in [0.5, 0.6) is 0 Å². The summed E-state index contributed by atoms with van der Waals surface area (Å²) in [6.45, 7) is 5.38. The molecule has 1 aromatic rings. The Balaban J connectivity index is 1.95. The monoisotopic (exact) mass is 307 g/mol. The molecule has 2 rings (SSSR count). The van der Waals surface area contributed by atoms with Crippen LogP contribution in [0.3, 0.4) is 0 Å². The third-order valence-electron chi connectivity index (χ3n) is 4.63. The van der Waals surface area contributed by atoms with E-state index in [0.717, 1.165) is 36.3 Å². The fourth-order valence-corrected chi connectivity index (χ4v) is 3.19. The number of piperidine rings is 1. The Morgan fingerprint density at radius 1 is 1.36 bits per heavy atom. The number of carboxylic acid groups (broad SMARTS) is 1. The molecule has 0 bridgehead atoms. The highest BCUT2D eigenvalue weighted by molar-refractivity contribution is 5.79. The van der Waals surface area contributed by atoms with Crippen LogP contribution < -0.4 is 0 Å². The van der Waals surface area contributed by atoms with E-state index < -0.39 is 5.97 Å². The first-order chi connectivity index (χ1) is 10.4.